The predicted molar refractivity (Wildman–Crippen MR) is 84.2 cm³/mol. The number of hydrogen-bond acceptors (Lipinski definition) is 5. The number of nitrogens with zero attached hydrogens (tertiary/aromatic N) is 4. The Kier molecular flexibility index (Phi) is 4.87. The smallest absolute Gasteiger partial charge is 0.169 e. The Labute approximate surface area is 125 Å². The highest BCUT2D eigenvalue weighted by molar-refractivity contribution is 8.00. The molecule has 1 aliphatic rings. The number of thioether (sulfide) groups is 1. The van der Waals surface area contributed by atoms with E-state index in [1.165, 1.54) is 0 Å². The molecule has 0 saturated carbocycles. The van der Waals surface area contributed by atoms with Crippen LogP contribution in [0.4, 0.5) is 5.82 Å². The van der Waals surface area contributed by atoms with E-state index >= 15 is 0 Å². The van der Waals surface area contributed by atoms with Crippen molar-refractivity contribution in [2.24, 2.45) is 0 Å². The standard InChI is InChI=1S/C15H22N4S/c1-5-12-13(9-16)15(18-17-14(12)6-2)19-7-8-20-11(4)10(19)3/h10-11H,5-8H2,1-4H3. The predicted octanol–water partition coefficient (Wildman–Crippen LogP) is 2.80. The summed E-state index contributed by atoms with van der Waals surface area (Å²) in [5.74, 6) is 1.86. The molecule has 0 N–H and O–H groups in total. The van der Waals surface area contributed by atoms with Crippen LogP contribution in [0.15, 0.2) is 0 Å². The Morgan fingerprint density at radius 1 is 1.30 bits per heavy atom. The van der Waals surface area contributed by atoms with Gasteiger partial charge in [-0.15, -0.1) is 5.10 Å². The van der Waals surface area contributed by atoms with Gasteiger partial charge in [-0.2, -0.15) is 22.1 Å². The van der Waals surface area contributed by atoms with Gasteiger partial charge in [0, 0.05) is 23.6 Å². The summed E-state index contributed by atoms with van der Waals surface area (Å²) in [5, 5.41) is 18.9. The molecule has 0 amide bonds. The second-order valence-corrected chi connectivity index (χ2v) is 6.64. The summed E-state index contributed by atoms with van der Waals surface area (Å²) in [6.07, 6.45) is 1.66. The fraction of sp³-hybridized carbons (Fsp3) is 0.667. The van der Waals surface area contributed by atoms with E-state index < -0.39 is 0 Å². The van der Waals surface area contributed by atoms with Crippen LogP contribution in [0.2, 0.25) is 0 Å². The van der Waals surface area contributed by atoms with Crippen LogP contribution in [-0.4, -0.2) is 33.8 Å². The maximum Gasteiger partial charge on any atom is 0.169 e. The van der Waals surface area contributed by atoms with Crippen molar-refractivity contribution >= 4 is 17.6 Å². The molecule has 0 bridgehead atoms. The van der Waals surface area contributed by atoms with E-state index in [9.17, 15) is 5.26 Å². The molecule has 0 spiro atoms. The molecule has 2 unspecified atom stereocenters. The van der Waals surface area contributed by atoms with Gasteiger partial charge in [0.2, 0.25) is 0 Å². The molecule has 1 aliphatic heterocycles. The van der Waals surface area contributed by atoms with E-state index in [-0.39, 0.29) is 0 Å². The molecule has 1 aromatic heterocycles. The van der Waals surface area contributed by atoms with E-state index in [4.69, 9.17) is 0 Å². The first-order valence-electron chi connectivity index (χ1n) is 7.30. The lowest BCUT2D eigenvalue weighted by molar-refractivity contribution is 0.613. The molecular weight excluding hydrogens is 268 g/mol. The average molecular weight is 290 g/mol. The lowest BCUT2D eigenvalue weighted by atomic mass is 10.0. The number of anilines is 1. The van der Waals surface area contributed by atoms with Gasteiger partial charge in [0.25, 0.3) is 0 Å². The molecule has 2 heterocycles. The third kappa shape index (κ3) is 2.62. The third-order valence-electron chi connectivity index (χ3n) is 4.10. The van der Waals surface area contributed by atoms with Crippen LogP contribution in [0.5, 0.6) is 0 Å². The Hall–Kier alpha value is -1.28. The molecular formula is C15H22N4S. The van der Waals surface area contributed by atoms with E-state index in [0.717, 1.165) is 47.8 Å². The Balaban J connectivity index is 2.49. The van der Waals surface area contributed by atoms with Gasteiger partial charge in [-0.25, -0.2) is 0 Å². The minimum absolute atomic E-state index is 0.382. The van der Waals surface area contributed by atoms with E-state index in [1.54, 1.807) is 0 Å². The molecule has 2 atom stereocenters. The largest absolute Gasteiger partial charge is 0.349 e. The van der Waals surface area contributed by atoms with Gasteiger partial charge in [-0.3, -0.25) is 0 Å². The van der Waals surface area contributed by atoms with Crippen molar-refractivity contribution in [1.82, 2.24) is 10.2 Å². The lowest BCUT2D eigenvalue weighted by Gasteiger charge is -2.38. The highest BCUT2D eigenvalue weighted by Gasteiger charge is 2.29. The SMILES string of the molecule is CCc1nnc(N2CCSC(C)C2C)c(C#N)c1CC. The first-order valence-corrected chi connectivity index (χ1v) is 8.35. The molecule has 2 rings (SSSR count). The summed E-state index contributed by atoms with van der Waals surface area (Å²) in [5.41, 5.74) is 2.75. The van der Waals surface area contributed by atoms with E-state index in [1.807, 2.05) is 11.8 Å². The highest BCUT2D eigenvalue weighted by atomic mass is 32.2. The molecule has 108 valence electrons. The minimum Gasteiger partial charge on any atom is -0.349 e. The number of nitriles is 1. The van der Waals surface area contributed by atoms with Crippen molar-refractivity contribution < 1.29 is 0 Å². The second-order valence-electron chi connectivity index (χ2n) is 5.15. The van der Waals surface area contributed by atoms with Gasteiger partial charge in [0.05, 0.1) is 5.69 Å². The fourth-order valence-corrected chi connectivity index (χ4v) is 3.81. The Morgan fingerprint density at radius 3 is 2.65 bits per heavy atom. The average Bonchev–Trinajstić information content (AvgIpc) is 2.48. The number of hydrogen-bond donors (Lipinski definition) is 0. The molecule has 0 aromatic carbocycles. The monoisotopic (exact) mass is 290 g/mol. The van der Waals surface area contributed by atoms with Crippen LogP contribution in [0.1, 0.15) is 44.5 Å². The van der Waals surface area contributed by atoms with Gasteiger partial charge in [-0.1, -0.05) is 20.8 Å². The lowest BCUT2D eigenvalue weighted by Crippen LogP contribution is -2.45. The zero-order valence-electron chi connectivity index (χ0n) is 12.7. The number of rotatable bonds is 3. The molecule has 0 aliphatic carbocycles. The molecule has 1 fully saturated rings. The molecule has 1 saturated heterocycles. The summed E-state index contributed by atoms with van der Waals surface area (Å²) in [7, 11) is 0. The summed E-state index contributed by atoms with van der Waals surface area (Å²) in [4.78, 5) is 2.26. The maximum absolute atomic E-state index is 9.58. The van der Waals surface area contributed by atoms with Crippen LogP contribution >= 0.6 is 11.8 Å². The van der Waals surface area contributed by atoms with Gasteiger partial charge in [0.15, 0.2) is 5.82 Å². The third-order valence-corrected chi connectivity index (χ3v) is 5.43. The zero-order chi connectivity index (χ0) is 14.7. The normalized spacial score (nSPS) is 22.6. The molecule has 20 heavy (non-hydrogen) atoms. The number of aryl methyl sites for hydroxylation is 1. The summed E-state index contributed by atoms with van der Waals surface area (Å²) in [6.45, 7) is 9.53. The minimum atomic E-state index is 0.382. The topological polar surface area (TPSA) is 52.8 Å². The van der Waals surface area contributed by atoms with E-state index in [0.29, 0.717) is 11.3 Å². The molecule has 0 radical (unpaired) electrons. The van der Waals surface area contributed by atoms with Crippen LogP contribution in [0.25, 0.3) is 0 Å². The van der Waals surface area contributed by atoms with Crippen molar-refractivity contribution in [2.45, 2.75) is 51.8 Å². The Bertz CT molecular complexity index is 523. The van der Waals surface area contributed by atoms with Gasteiger partial charge in [-0.05, 0) is 25.3 Å². The van der Waals surface area contributed by atoms with Gasteiger partial charge in [0.1, 0.15) is 11.6 Å². The molecule has 5 heteroatoms. The molecule has 1 aromatic rings. The summed E-state index contributed by atoms with van der Waals surface area (Å²) < 4.78 is 0. The van der Waals surface area contributed by atoms with E-state index in [2.05, 4.69) is 48.9 Å². The fourth-order valence-electron chi connectivity index (χ4n) is 2.71. The first kappa shape index (κ1) is 15.1. The zero-order valence-corrected chi connectivity index (χ0v) is 13.5. The van der Waals surface area contributed by atoms with Gasteiger partial charge < -0.3 is 4.90 Å². The summed E-state index contributed by atoms with van der Waals surface area (Å²) >= 11 is 1.98. The van der Waals surface area contributed by atoms with Crippen molar-refractivity contribution in [3.63, 3.8) is 0 Å². The van der Waals surface area contributed by atoms with Crippen molar-refractivity contribution in [2.75, 3.05) is 17.2 Å². The quantitative estimate of drug-likeness (QED) is 0.857. The van der Waals surface area contributed by atoms with Crippen LogP contribution in [-0.2, 0) is 12.8 Å². The molecule has 4 nitrogen and oxygen atoms in total. The van der Waals surface area contributed by atoms with Crippen LogP contribution in [0, 0.1) is 11.3 Å². The number of aromatic nitrogens is 2. The Morgan fingerprint density at radius 2 is 2.05 bits per heavy atom. The van der Waals surface area contributed by atoms with Crippen molar-refractivity contribution in [3.8, 4) is 6.07 Å². The second kappa shape index (κ2) is 6.45. The van der Waals surface area contributed by atoms with Gasteiger partial charge >= 0.3 is 0 Å². The van der Waals surface area contributed by atoms with Crippen molar-refractivity contribution in [1.29, 1.82) is 5.26 Å². The van der Waals surface area contributed by atoms with Crippen LogP contribution < -0.4 is 4.90 Å². The van der Waals surface area contributed by atoms with Crippen molar-refractivity contribution in [3.05, 3.63) is 16.8 Å². The summed E-state index contributed by atoms with van der Waals surface area (Å²) in [6, 6.07) is 2.75. The highest BCUT2D eigenvalue weighted by Crippen LogP contribution is 2.31. The first-order chi connectivity index (χ1) is 9.63. The van der Waals surface area contributed by atoms with Crippen LogP contribution in [0.3, 0.4) is 0 Å². The maximum atomic E-state index is 9.58.